The number of benzene rings is 1. The van der Waals surface area contributed by atoms with Gasteiger partial charge in [-0.25, -0.2) is 4.98 Å². The molecule has 3 rings (SSSR count). The number of aryl methyl sites for hydroxylation is 2. The Morgan fingerprint density at radius 1 is 0.842 bits per heavy atom. The van der Waals surface area contributed by atoms with Crippen molar-refractivity contribution in [1.29, 1.82) is 0 Å². The summed E-state index contributed by atoms with van der Waals surface area (Å²) in [5, 5.41) is 2.96. The molecule has 0 radical (unpaired) electrons. The predicted molar refractivity (Wildman–Crippen MR) is 76.5 cm³/mol. The number of fused-ring (bicyclic) bond motifs is 3. The van der Waals surface area contributed by atoms with Crippen LogP contribution in [0.5, 0.6) is 0 Å². The normalized spacial score (nSPS) is 10.7. The monoisotopic (exact) mass is 334 g/mol. The van der Waals surface area contributed by atoms with E-state index in [1.54, 1.807) is 0 Å². The molecule has 0 aliphatic rings. The van der Waals surface area contributed by atoms with Crippen LogP contribution in [0.4, 0.5) is 0 Å². The summed E-state index contributed by atoms with van der Waals surface area (Å²) < 4.78 is 0. The Labute approximate surface area is 131 Å². The smallest absolute Gasteiger partial charge is 0.0984 e. The molecule has 0 aliphatic heterocycles. The average molecular weight is 336 g/mol. The second-order valence-corrected chi connectivity index (χ2v) is 5.07. The van der Waals surface area contributed by atoms with E-state index in [9.17, 15) is 0 Å². The third-order valence-electron chi connectivity index (χ3n) is 3.00. The van der Waals surface area contributed by atoms with Crippen molar-refractivity contribution in [2.75, 3.05) is 0 Å². The van der Waals surface area contributed by atoms with Crippen LogP contribution in [0.2, 0.25) is 10.0 Å². The van der Waals surface area contributed by atoms with E-state index in [1.807, 2.05) is 38.1 Å². The van der Waals surface area contributed by atoms with Crippen LogP contribution < -0.4 is 0 Å². The van der Waals surface area contributed by atoms with E-state index in [0.717, 1.165) is 33.2 Å². The van der Waals surface area contributed by atoms with Gasteiger partial charge in [0.05, 0.1) is 26.8 Å². The van der Waals surface area contributed by atoms with Crippen molar-refractivity contribution in [3.63, 3.8) is 0 Å². The van der Waals surface area contributed by atoms with E-state index < -0.39 is 0 Å². The molecule has 5 heteroatoms. The fourth-order valence-electron chi connectivity index (χ4n) is 2.06. The SMILES string of the molecule is Cc1ccc2ccc3c(Cl)c(Cl)c(C)nc3c2n1.[Ni]. The van der Waals surface area contributed by atoms with Gasteiger partial charge in [-0.2, -0.15) is 0 Å². The maximum absolute atomic E-state index is 6.27. The largest absolute Gasteiger partial charge is 0.251 e. The summed E-state index contributed by atoms with van der Waals surface area (Å²) >= 11 is 12.4. The molecule has 0 atom stereocenters. The van der Waals surface area contributed by atoms with Gasteiger partial charge in [0.25, 0.3) is 0 Å². The summed E-state index contributed by atoms with van der Waals surface area (Å²) in [7, 11) is 0. The molecule has 0 aliphatic carbocycles. The van der Waals surface area contributed by atoms with Gasteiger partial charge in [0, 0.05) is 33.0 Å². The maximum Gasteiger partial charge on any atom is 0.0984 e. The third-order valence-corrected chi connectivity index (χ3v) is 3.95. The molecule has 0 N–H and O–H groups in total. The summed E-state index contributed by atoms with van der Waals surface area (Å²) in [5.74, 6) is 0. The fourth-order valence-corrected chi connectivity index (χ4v) is 2.49. The first-order chi connectivity index (χ1) is 8.58. The average Bonchev–Trinajstić information content (AvgIpc) is 2.36. The zero-order chi connectivity index (χ0) is 12.9. The molecule has 1 aromatic carbocycles. The Morgan fingerprint density at radius 2 is 1.53 bits per heavy atom. The number of aromatic nitrogens is 2. The number of hydrogen-bond donors (Lipinski definition) is 0. The zero-order valence-electron chi connectivity index (χ0n) is 10.3. The van der Waals surface area contributed by atoms with Gasteiger partial charge >= 0.3 is 0 Å². The van der Waals surface area contributed by atoms with Crippen molar-refractivity contribution in [3.05, 3.63) is 45.7 Å². The summed E-state index contributed by atoms with van der Waals surface area (Å²) in [4.78, 5) is 9.08. The van der Waals surface area contributed by atoms with Crippen molar-refractivity contribution in [1.82, 2.24) is 9.97 Å². The molecule has 3 aromatic rings. The minimum absolute atomic E-state index is 0. The Balaban J connectivity index is 0.00000133. The summed E-state index contributed by atoms with van der Waals surface area (Å²) in [6, 6.07) is 7.95. The van der Waals surface area contributed by atoms with Crippen LogP contribution in [0.3, 0.4) is 0 Å². The van der Waals surface area contributed by atoms with Crippen LogP contribution in [0.1, 0.15) is 11.4 Å². The van der Waals surface area contributed by atoms with E-state index in [0.29, 0.717) is 10.0 Å². The first-order valence-electron chi connectivity index (χ1n) is 5.59. The van der Waals surface area contributed by atoms with Gasteiger partial charge in [-0.1, -0.05) is 41.4 Å². The van der Waals surface area contributed by atoms with E-state index in [1.165, 1.54) is 0 Å². The fraction of sp³-hybridized carbons (Fsp3) is 0.143. The number of pyridine rings is 2. The molecule has 2 heterocycles. The first-order valence-corrected chi connectivity index (χ1v) is 6.35. The summed E-state index contributed by atoms with van der Waals surface area (Å²) in [5.41, 5.74) is 3.36. The number of halogens is 2. The summed E-state index contributed by atoms with van der Waals surface area (Å²) in [6.45, 7) is 3.81. The molecule has 0 fully saturated rings. The van der Waals surface area contributed by atoms with Crippen LogP contribution in [0.15, 0.2) is 24.3 Å². The standard InChI is InChI=1S/C14H10Cl2N2.Ni/c1-7-3-4-9-5-6-10-12(16)11(15)8(2)18-14(10)13(9)17-7;/h3-6H,1-2H3;. The maximum atomic E-state index is 6.27. The van der Waals surface area contributed by atoms with Crippen molar-refractivity contribution in [2.24, 2.45) is 0 Å². The molecule has 0 amide bonds. The van der Waals surface area contributed by atoms with Crippen LogP contribution in [0.25, 0.3) is 21.8 Å². The molecule has 0 bridgehead atoms. The van der Waals surface area contributed by atoms with Crippen LogP contribution in [0, 0.1) is 13.8 Å². The van der Waals surface area contributed by atoms with Gasteiger partial charge in [0.2, 0.25) is 0 Å². The number of hydrogen-bond acceptors (Lipinski definition) is 2. The van der Waals surface area contributed by atoms with Crippen LogP contribution in [-0.4, -0.2) is 9.97 Å². The van der Waals surface area contributed by atoms with E-state index in [4.69, 9.17) is 23.2 Å². The Bertz CT molecular complexity index is 787. The second-order valence-electron chi connectivity index (χ2n) is 4.31. The Kier molecular flexibility index (Phi) is 4.01. The van der Waals surface area contributed by atoms with Crippen molar-refractivity contribution >= 4 is 45.0 Å². The first kappa shape index (κ1) is 14.5. The molecule has 0 unspecified atom stereocenters. The molecular formula is C14H10Cl2N2Ni. The quantitative estimate of drug-likeness (QED) is 0.439. The predicted octanol–water partition coefficient (Wildman–Crippen LogP) is 4.70. The zero-order valence-corrected chi connectivity index (χ0v) is 12.8. The summed E-state index contributed by atoms with van der Waals surface area (Å²) in [6.07, 6.45) is 0. The number of nitrogens with zero attached hydrogens (tertiary/aromatic N) is 2. The minimum Gasteiger partial charge on any atom is -0.251 e. The van der Waals surface area contributed by atoms with Crippen molar-refractivity contribution in [2.45, 2.75) is 13.8 Å². The Morgan fingerprint density at radius 3 is 2.26 bits per heavy atom. The molecule has 0 spiro atoms. The topological polar surface area (TPSA) is 25.8 Å². The third kappa shape index (κ3) is 2.31. The van der Waals surface area contributed by atoms with Gasteiger partial charge < -0.3 is 0 Å². The molecule has 0 saturated heterocycles. The molecule has 100 valence electrons. The van der Waals surface area contributed by atoms with E-state index >= 15 is 0 Å². The van der Waals surface area contributed by atoms with Gasteiger partial charge in [0.1, 0.15) is 0 Å². The van der Waals surface area contributed by atoms with Gasteiger partial charge in [-0.05, 0) is 19.9 Å². The second kappa shape index (κ2) is 5.24. The van der Waals surface area contributed by atoms with Crippen LogP contribution in [-0.2, 0) is 16.5 Å². The van der Waals surface area contributed by atoms with Crippen molar-refractivity contribution in [3.8, 4) is 0 Å². The van der Waals surface area contributed by atoms with Gasteiger partial charge in [-0.3, -0.25) is 4.98 Å². The molecule has 2 aromatic heterocycles. The van der Waals surface area contributed by atoms with Gasteiger partial charge in [0.15, 0.2) is 0 Å². The van der Waals surface area contributed by atoms with Gasteiger partial charge in [-0.15, -0.1) is 0 Å². The van der Waals surface area contributed by atoms with Crippen molar-refractivity contribution < 1.29 is 16.5 Å². The molecule has 0 saturated carbocycles. The Hall–Kier alpha value is -0.886. The molecule has 2 nitrogen and oxygen atoms in total. The molecular weight excluding hydrogens is 326 g/mol. The van der Waals surface area contributed by atoms with Crippen LogP contribution >= 0.6 is 23.2 Å². The molecule has 19 heavy (non-hydrogen) atoms. The van der Waals surface area contributed by atoms with E-state index in [-0.39, 0.29) is 16.5 Å². The number of rotatable bonds is 0. The minimum atomic E-state index is 0. The van der Waals surface area contributed by atoms with E-state index in [2.05, 4.69) is 9.97 Å².